The van der Waals surface area contributed by atoms with Crippen molar-refractivity contribution in [1.82, 2.24) is 4.98 Å². The van der Waals surface area contributed by atoms with Crippen LogP contribution in [0.3, 0.4) is 0 Å². The van der Waals surface area contributed by atoms with Crippen LogP contribution in [0.5, 0.6) is 0 Å². The molecule has 0 radical (unpaired) electrons. The summed E-state index contributed by atoms with van der Waals surface area (Å²) in [5.41, 5.74) is 4.56. The standard InChI is InChI=1S/C25H21F2N2O/c1-13(2)15-6-8-17-16(11-15)9-10-29(4)23(17)21-14(3)5-7-18-22-19(26)12-20(27)28-25(22)30-24(18)21/h5-13H,1-4H3/q+1. The van der Waals surface area contributed by atoms with Gasteiger partial charge in [-0.2, -0.15) is 9.37 Å². The highest BCUT2D eigenvalue weighted by Gasteiger charge is 2.25. The van der Waals surface area contributed by atoms with Crippen molar-refractivity contribution in [3.05, 3.63) is 71.6 Å². The second kappa shape index (κ2) is 6.59. The molecule has 0 aliphatic heterocycles. The second-order valence-electron chi connectivity index (χ2n) is 8.12. The van der Waals surface area contributed by atoms with E-state index in [0.717, 1.165) is 33.7 Å². The summed E-state index contributed by atoms with van der Waals surface area (Å²) in [4.78, 5) is 3.77. The fourth-order valence-corrected chi connectivity index (χ4v) is 4.22. The summed E-state index contributed by atoms with van der Waals surface area (Å²) in [5, 5.41) is 2.99. The molecule has 3 aromatic heterocycles. The van der Waals surface area contributed by atoms with Gasteiger partial charge in [0.25, 0.3) is 0 Å². The van der Waals surface area contributed by atoms with Crippen molar-refractivity contribution in [2.24, 2.45) is 7.05 Å². The Morgan fingerprint density at radius 1 is 1.00 bits per heavy atom. The van der Waals surface area contributed by atoms with Gasteiger partial charge in [-0.15, -0.1) is 0 Å². The molecule has 2 aromatic carbocycles. The number of benzene rings is 2. The van der Waals surface area contributed by atoms with Crippen LogP contribution >= 0.6 is 0 Å². The molecule has 0 saturated heterocycles. The van der Waals surface area contributed by atoms with Gasteiger partial charge in [-0.25, -0.2) is 8.96 Å². The molecule has 0 unspecified atom stereocenters. The minimum atomic E-state index is -0.894. The quantitative estimate of drug-likeness (QED) is 0.254. The van der Waals surface area contributed by atoms with Crippen LogP contribution in [0.4, 0.5) is 8.78 Å². The van der Waals surface area contributed by atoms with Crippen LogP contribution in [0.2, 0.25) is 0 Å². The molecule has 0 amide bonds. The van der Waals surface area contributed by atoms with Crippen LogP contribution in [0.25, 0.3) is 44.1 Å². The third-order valence-corrected chi connectivity index (χ3v) is 5.81. The largest absolute Gasteiger partial charge is 0.437 e. The predicted octanol–water partition coefficient (Wildman–Crippen LogP) is 6.34. The number of aromatic nitrogens is 2. The van der Waals surface area contributed by atoms with Gasteiger partial charge in [-0.3, -0.25) is 0 Å². The lowest BCUT2D eigenvalue weighted by atomic mass is 9.94. The van der Waals surface area contributed by atoms with Crippen LogP contribution < -0.4 is 4.57 Å². The van der Waals surface area contributed by atoms with Crippen LogP contribution in [-0.2, 0) is 7.05 Å². The molecule has 0 N–H and O–H groups in total. The van der Waals surface area contributed by atoms with Gasteiger partial charge in [0.1, 0.15) is 12.9 Å². The molecule has 150 valence electrons. The lowest BCUT2D eigenvalue weighted by Gasteiger charge is -2.11. The summed E-state index contributed by atoms with van der Waals surface area (Å²) in [6, 6.07) is 13.1. The molecular weight excluding hydrogens is 382 g/mol. The van der Waals surface area contributed by atoms with Gasteiger partial charge in [-0.05, 0) is 35.4 Å². The highest BCUT2D eigenvalue weighted by Crippen LogP contribution is 2.39. The van der Waals surface area contributed by atoms with Gasteiger partial charge in [-0.1, -0.05) is 38.1 Å². The highest BCUT2D eigenvalue weighted by molar-refractivity contribution is 6.11. The molecule has 0 aliphatic carbocycles. The molecule has 0 aliphatic rings. The maximum atomic E-state index is 14.6. The Morgan fingerprint density at radius 2 is 1.77 bits per heavy atom. The lowest BCUT2D eigenvalue weighted by Crippen LogP contribution is -2.30. The van der Waals surface area contributed by atoms with Crippen molar-refractivity contribution in [2.45, 2.75) is 26.7 Å². The zero-order valence-electron chi connectivity index (χ0n) is 17.3. The number of rotatable bonds is 2. The van der Waals surface area contributed by atoms with E-state index >= 15 is 0 Å². The smallest absolute Gasteiger partial charge is 0.232 e. The predicted molar refractivity (Wildman–Crippen MR) is 114 cm³/mol. The Kier molecular flexibility index (Phi) is 4.10. The second-order valence-corrected chi connectivity index (χ2v) is 8.12. The third-order valence-electron chi connectivity index (χ3n) is 5.81. The molecule has 5 heteroatoms. The normalized spacial score (nSPS) is 12.0. The van der Waals surface area contributed by atoms with Crippen molar-refractivity contribution in [3.8, 4) is 11.3 Å². The summed E-state index contributed by atoms with van der Waals surface area (Å²) in [6.45, 7) is 6.34. The van der Waals surface area contributed by atoms with Gasteiger partial charge < -0.3 is 4.42 Å². The summed E-state index contributed by atoms with van der Waals surface area (Å²) in [7, 11) is 1.98. The Morgan fingerprint density at radius 3 is 2.53 bits per heavy atom. The van der Waals surface area contributed by atoms with Gasteiger partial charge in [0.2, 0.25) is 17.4 Å². The molecule has 3 nitrogen and oxygen atoms in total. The number of nitrogens with zero attached hydrogens (tertiary/aromatic N) is 2. The summed E-state index contributed by atoms with van der Waals surface area (Å²) >= 11 is 0. The minimum Gasteiger partial charge on any atom is -0.437 e. The zero-order valence-corrected chi connectivity index (χ0v) is 17.3. The summed E-state index contributed by atoms with van der Waals surface area (Å²) in [6.07, 6.45) is 2.02. The van der Waals surface area contributed by atoms with E-state index in [1.54, 1.807) is 0 Å². The molecule has 5 rings (SSSR count). The fourth-order valence-electron chi connectivity index (χ4n) is 4.22. The van der Waals surface area contributed by atoms with Gasteiger partial charge in [0.15, 0.2) is 11.8 Å². The van der Waals surface area contributed by atoms with Crippen molar-refractivity contribution < 1.29 is 17.8 Å². The average Bonchev–Trinajstić information content (AvgIpc) is 3.06. The van der Waals surface area contributed by atoms with E-state index in [9.17, 15) is 8.78 Å². The Balaban J connectivity index is 1.92. The molecular formula is C25H21F2N2O+. The molecule has 0 atom stereocenters. The minimum absolute atomic E-state index is 0.0284. The Hall–Kier alpha value is -3.34. The van der Waals surface area contributed by atoms with Gasteiger partial charge >= 0.3 is 0 Å². The molecule has 0 bridgehead atoms. The third kappa shape index (κ3) is 2.69. The number of hydrogen-bond donors (Lipinski definition) is 0. The van der Waals surface area contributed by atoms with Crippen LogP contribution in [0.1, 0.15) is 30.9 Å². The monoisotopic (exact) mass is 403 g/mol. The topological polar surface area (TPSA) is 29.9 Å². The van der Waals surface area contributed by atoms with Crippen LogP contribution in [-0.4, -0.2) is 4.98 Å². The Bertz CT molecular complexity index is 1470. The van der Waals surface area contributed by atoms with Gasteiger partial charge in [0.05, 0.1) is 16.3 Å². The number of furan rings is 1. The fraction of sp³-hybridized carbons (Fsp3) is 0.200. The molecule has 3 heterocycles. The van der Waals surface area contributed by atoms with E-state index in [1.165, 1.54) is 5.56 Å². The van der Waals surface area contributed by atoms with E-state index in [1.807, 2.05) is 36.9 Å². The number of halogens is 2. The van der Waals surface area contributed by atoms with E-state index in [2.05, 4.69) is 43.1 Å². The number of pyridine rings is 2. The molecule has 0 spiro atoms. The van der Waals surface area contributed by atoms with Gasteiger partial charge in [0, 0.05) is 17.5 Å². The Labute approximate surface area is 172 Å². The van der Waals surface area contributed by atoms with E-state index in [4.69, 9.17) is 4.42 Å². The van der Waals surface area contributed by atoms with Crippen molar-refractivity contribution in [2.75, 3.05) is 0 Å². The molecule has 0 fully saturated rings. The van der Waals surface area contributed by atoms with Crippen molar-refractivity contribution in [1.29, 1.82) is 0 Å². The number of fused-ring (bicyclic) bond motifs is 4. The summed E-state index contributed by atoms with van der Waals surface area (Å²) < 4.78 is 36.2. The van der Waals surface area contributed by atoms with Crippen molar-refractivity contribution >= 4 is 32.8 Å². The first-order valence-electron chi connectivity index (χ1n) is 9.95. The first-order chi connectivity index (χ1) is 14.3. The SMILES string of the molecule is Cc1ccc2c(oc3nc(F)cc(F)c32)c1-c1c2ccc(C(C)C)cc2cc[n+]1C. The van der Waals surface area contributed by atoms with Crippen LogP contribution in [0, 0.1) is 18.7 Å². The number of aryl methyl sites for hydroxylation is 2. The zero-order chi connectivity index (χ0) is 21.2. The lowest BCUT2D eigenvalue weighted by molar-refractivity contribution is -0.659. The van der Waals surface area contributed by atoms with Crippen molar-refractivity contribution in [3.63, 3.8) is 0 Å². The van der Waals surface area contributed by atoms with E-state index < -0.39 is 11.8 Å². The maximum absolute atomic E-state index is 14.6. The number of hydrogen-bond acceptors (Lipinski definition) is 2. The molecule has 30 heavy (non-hydrogen) atoms. The molecule has 0 saturated carbocycles. The van der Waals surface area contributed by atoms with E-state index in [-0.39, 0.29) is 11.1 Å². The molecule has 5 aromatic rings. The highest BCUT2D eigenvalue weighted by atomic mass is 19.1. The average molecular weight is 403 g/mol. The van der Waals surface area contributed by atoms with E-state index in [0.29, 0.717) is 16.9 Å². The first-order valence-corrected chi connectivity index (χ1v) is 9.95. The first kappa shape index (κ1) is 18.7. The summed E-state index contributed by atoms with van der Waals surface area (Å²) in [5.74, 6) is -1.14. The van der Waals surface area contributed by atoms with Crippen LogP contribution in [0.15, 0.2) is 53.1 Å². The maximum Gasteiger partial charge on any atom is 0.232 e.